The number of carbonyl (C=O) groups is 3. The Morgan fingerprint density at radius 3 is 2.65 bits per heavy atom. The Balaban J connectivity index is 2.10. The lowest BCUT2D eigenvalue weighted by molar-refractivity contribution is -0.138. The van der Waals surface area contributed by atoms with E-state index in [1.165, 1.54) is 0 Å². The second-order valence-electron chi connectivity index (χ2n) is 3.91. The van der Waals surface area contributed by atoms with Crippen LogP contribution >= 0.6 is 0 Å². The molecule has 1 fully saturated rings. The smallest absolute Gasteiger partial charge is 0.239 e. The fourth-order valence-corrected chi connectivity index (χ4v) is 1.44. The van der Waals surface area contributed by atoms with Crippen LogP contribution in [0.2, 0.25) is 0 Å². The van der Waals surface area contributed by atoms with Crippen LogP contribution in [0.4, 0.5) is 0 Å². The molecule has 3 amide bonds. The first kappa shape index (κ1) is 13.4. The van der Waals surface area contributed by atoms with Gasteiger partial charge in [-0.15, -0.1) is 0 Å². The first-order valence-corrected chi connectivity index (χ1v) is 5.49. The van der Waals surface area contributed by atoms with E-state index in [0.29, 0.717) is 39.0 Å². The van der Waals surface area contributed by atoms with Gasteiger partial charge in [0.1, 0.15) is 6.04 Å². The minimum absolute atomic E-state index is 0.0322. The van der Waals surface area contributed by atoms with E-state index in [-0.39, 0.29) is 11.8 Å². The Labute approximate surface area is 99.1 Å². The molecular weight excluding hydrogens is 226 g/mol. The van der Waals surface area contributed by atoms with Crippen LogP contribution in [0.25, 0.3) is 0 Å². The molecule has 1 heterocycles. The fourth-order valence-electron chi connectivity index (χ4n) is 1.44. The highest BCUT2D eigenvalue weighted by atomic mass is 16.5. The Morgan fingerprint density at radius 2 is 2.18 bits per heavy atom. The van der Waals surface area contributed by atoms with Gasteiger partial charge in [0.25, 0.3) is 0 Å². The van der Waals surface area contributed by atoms with Crippen molar-refractivity contribution in [3.63, 3.8) is 0 Å². The van der Waals surface area contributed by atoms with Crippen molar-refractivity contribution in [2.75, 3.05) is 19.8 Å². The molecule has 7 heteroatoms. The number of primary amides is 1. The summed E-state index contributed by atoms with van der Waals surface area (Å²) in [4.78, 5) is 32.4. The standard InChI is InChI=1S/C10H17N3O4/c11-9(15)8(13-6-14)2-1-3-12-10(16)7-4-17-5-7/h6-8H,1-5H2,(H2,11,15)(H,12,16)(H,13,14). The molecule has 0 bridgehead atoms. The summed E-state index contributed by atoms with van der Waals surface area (Å²) in [5, 5.41) is 5.06. The van der Waals surface area contributed by atoms with Crippen LogP contribution in [0.5, 0.6) is 0 Å². The van der Waals surface area contributed by atoms with E-state index in [0.717, 1.165) is 0 Å². The second-order valence-corrected chi connectivity index (χ2v) is 3.91. The van der Waals surface area contributed by atoms with Crippen molar-refractivity contribution in [3.05, 3.63) is 0 Å². The van der Waals surface area contributed by atoms with Gasteiger partial charge in [0.2, 0.25) is 18.2 Å². The maximum absolute atomic E-state index is 11.4. The van der Waals surface area contributed by atoms with Gasteiger partial charge < -0.3 is 21.1 Å². The number of nitrogens with two attached hydrogens (primary N) is 1. The molecule has 1 aliphatic heterocycles. The minimum atomic E-state index is -0.670. The molecular formula is C10H17N3O4. The van der Waals surface area contributed by atoms with Crippen molar-refractivity contribution in [1.29, 1.82) is 0 Å². The van der Waals surface area contributed by atoms with Gasteiger partial charge in [-0.3, -0.25) is 14.4 Å². The lowest BCUT2D eigenvalue weighted by atomic mass is 10.1. The number of hydrogen-bond acceptors (Lipinski definition) is 4. The molecule has 1 saturated heterocycles. The second kappa shape index (κ2) is 6.85. The fraction of sp³-hybridized carbons (Fsp3) is 0.700. The zero-order valence-corrected chi connectivity index (χ0v) is 9.48. The highest BCUT2D eigenvalue weighted by molar-refractivity contribution is 5.81. The summed E-state index contributed by atoms with van der Waals surface area (Å²) >= 11 is 0. The normalized spacial score (nSPS) is 16.7. The van der Waals surface area contributed by atoms with Gasteiger partial charge in [-0.25, -0.2) is 0 Å². The summed E-state index contributed by atoms with van der Waals surface area (Å²) in [6.45, 7) is 1.41. The Hall–Kier alpha value is -1.63. The largest absolute Gasteiger partial charge is 0.380 e. The highest BCUT2D eigenvalue weighted by Crippen LogP contribution is 2.09. The van der Waals surface area contributed by atoms with E-state index in [1.807, 2.05) is 0 Å². The number of hydrogen-bond donors (Lipinski definition) is 3. The van der Waals surface area contributed by atoms with Gasteiger partial charge in [0.05, 0.1) is 19.1 Å². The molecule has 7 nitrogen and oxygen atoms in total. The van der Waals surface area contributed by atoms with Crippen molar-refractivity contribution < 1.29 is 19.1 Å². The predicted octanol–water partition coefficient (Wildman–Crippen LogP) is -1.87. The number of rotatable bonds is 8. The summed E-state index contributed by atoms with van der Waals surface area (Å²) < 4.78 is 4.89. The zero-order chi connectivity index (χ0) is 12.7. The number of nitrogens with one attached hydrogen (secondary N) is 2. The van der Waals surface area contributed by atoms with Crippen LogP contribution in [-0.4, -0.2) is 44.0 Å². The van der Waals surface area contributed by atoms with Crippen molar-refractivity contribution in [3.8, 4) is 0 Å². The van der Waals surface area contributed by atoms with E-state index >= 15 is 0 Å². The molecule has 0 radical (unpaired) electrons. The molecule has 0 saturated carbocycles. The molecule has 0 aliphatic carbocycles. The Morgan fingerprint density at radius 1 is 1.47 bits per heavy atom. The molecule has 0 aromatic heterocycles. The van der Waals surface area contributed by atoms with Crippen LogP contribution in [0.1, 0.15) is 12.8 Å². The van der Waals surface area contributed by atoms with Crippen molar-refractivity contribution in [2.45, 2.75) is 18.9 Å². The lowest BCUT2D eigenvalue weighted by Gasteiger charge is -2.24. The molecule has 4 N–H and O–H groups in total. The first-order valence-electron chi connectivity index (χ1n) is 5.49. The van der Waals surface area contributed by atoms with Gasteiger partial charge in [-0.2, -0.15) is 0 Å². The highest BCUT2D eigenvalue weighted by Gasteiger charge is 2.25. The maximum Gasteiger partial charge on any atom is 0.239 e. The van der Waals surface area contributed by atoms with Gasteiger partial charge in [-0.1, -0.05) is 0 Å². The minimum Gasteiger partial charge on any atom is -0.380 e. The third-order valence-corrected chi connectivity index (χ3v) is 2.59. The summed E-state index contributed by atoms with van der Waals surface area (Å²) in [7, 11) is 0. The molecule has 0 aromatic carbocycles. The summed E-state index contributed by atoms with van der Waals surface area (Å²) in [6, 6.07) is -0.670. The average Bonchev–Trinajstić information content (AvgIpc) is 2.19. The maximum atomic E-state index is 11.4. The molecule has 1 unspecified atom stereocenters. The topological polar surface area (TPSA) is 111 Å². The van der Waals surface area contributed by atoms with Crippen LogP contribution in [-0.2, 0) is 19.1 Å². The average molecular weight is 243 g/mol. The van der Waals surface area contributed by atoms with Crippen molar-refractivity contribution in [2.24, 2.45) is 11.7 Å². The third kappa shape index (κ3) is 4.39. The summed E-state index contributed by atoms with van der Waals surface area (Å²) in [5.74, 6) is -0.652. The van der Waals surface area contributed by atoms with Gasteiger partial charge >= 0.3 is 0 Å². The third-order valence-electron chi connectivity index (χ3n) is 2.59. The number of amides is 3. The molecule has 17 heavy (non-hydrogen) atoms. The molecule has 0 aromatic rings. The van der Waals surface area contributed by atoms with E-state index < -0.39 is 11.9 Å². The molecule has 1 atom stereocenters. The van der Waals surface area contributed by atoms with Crippen molar-refractivity contribution >= 4 is 18.2 Å². The van der Waals surface area contributed by atoms with Crippen LogP contribution in [0, 0.1) is 5.92 Å². The summed E-state index contributed by atoms with van der Waals surface area (Å²) in [5.41, 5.74) is 5.08. The molecule has 96 valence electrons. The predicted molar refractivity (Wildman–Crippen MR) is 58.7 cm³/mol. The van der Waals surface area contributed by atoms with Gasteiger partial charge in [0.15, 0.2) is 0 Å². The van der Waals surface area contributed by atoms with Gasteiger partial charge in [0, 0.05) is 6.54 Å². The van der Waals surface area contributed by atoms with E-state index in [1.54, 1.807) is 0 Å². The molecule has 0 spiro atoms. The molecule has 1 aliphatic rings. The quantitative estimate of drug-likeness (QED) is 0.342. The van der Waals surface area contributed by atoms with Crippen LogP contribution in [0.3, 0.4) is 0 Å². The number of carbonyl (C=O) groups excluding carboxylic acids is 3. The van der Waals surface area contributed by atoms with E-state index in [4.69, 9.17) is 10.5 Å². The first-order chi connectivity index (χ1) is 8.15. The summed E-state index contributed by atoms with van der Waals surface area (Å²) in [6.07, 6.45) is 1.43. The number of ether oxygens (including phenoxy) is 1. The zero-order valence-electron chi connectivity index (χ0n) is 9.48. The monoisotopic (exact) mass is 243 g/mol. The Kier molecular flexibility index (Phi) is 5.41. The molecule has 1 rings (SSSR count). The lowest BCUT2D eigenvalue weighted by Crippen LogP contribution is -2.43. The van der Waals surface area contributed by atoms with Crippen molar-refractivity contribution in [1.82, 2.24) is 10.6 Å². The van der Waals surface area contributed by atoms with E-state index in [9.17, 15) is 14.4 Å². The van der Waals surface area contributed by atoms with E-state index in [2.05, 4.69) is 10.6 Å². The SMILES string of the molecule is NC(=O)C(CCCNC(=O)C1COC1)NC=O. The van der Waals surface area contributed by atoms with Gasteiger partial charge in [-0.05, 0) is 12.8 Å². The van der Waals surface area contributed by atoms with Crippen LogP contribution in [0.15, 0.2) is 0 Å². The Bertz CT molecular complexity index is 291. The van der Waals surface area contributed by atoms with Crippen LogP contribution < -0.4 is 16.4 Å².